The zero-order valence-corrected chi connectivity index (χ0v) is 24.3. The van der Waals surface area contributed by atoms with Crippen molar-refractivity contribution in [1.29, 1.82) is 0 Å². The van der Waals surface area contributed by atoms with Crippen LogP contribution in [0.15, 0.2) is 54.6 Å². The highest BCUT2D eigenvalue weighted by Crippen LogP contribution is 2.32. The van der Waals surface area contributed by atoms with Gasteiger partial charge in [0, 0.05) is 56.5 Å². The Kier molecular flexibility index (Phi) is 9.38. The highest BCUT2D eigenvalue weighted by Gasteiger charge is 2.29. The number of rotatable bonds is 10. The number of benzene rings is 2. The molecule has 5 rings (SSSR count). The maximum Gasteiger partial charge on any atom is 0.254 e. The first kappa shape index (κ1) is 29.1. The molecule has 1 atom stereocenters. The molecule has 2 saturated heterocycles. The number of methoxy groups -OCH3 is 3. The van der Waals surface area contributed by atoms with E-state index in [4.69, 9.17) is 18.9 Å². The Morgan fingerprint density at radius 2 is 1.64 bits per heavy atom. The summed E-state index contributed by atoms with van der Waals surface area (Å²) in [6.07, 6.45) is 1.78. The second-order valence-corrected chi connectivity index (χ2v) is 10.3. The van der Waals surface area contributed by atoms with Gasteiger partial charge in [0.25, 0.3) is 5.91 Å². The molecule has 0 unspecified atom stereocenters. The topological polar surface area (TPSA) is 107 Å². The van der Waals surface area contributed by atoms with E-state index in [1.807, 2.05) is 35.2 Å². The van der Waals surface area contributed by atoms with Crippen molar-refractivity contribution in [3.8, 4) is 28.5 Å². The number of hydrogen-bond acceptors (Lipinski definition) is 9. The standard InChI is InChI=1S/C31H37N5O6/c1-39-23-8-6-22(7-9-23)31(38)36(20-25-5-4-18-42-25)21-30(37)35-16-14-34(15-17-35)29-13-12-27(32-33-29)26-11-10-24(40-2)19-28(26)41-3/h6-13,19,25H,4-5,14-18,20-21H2,1-3H3/t25-/m1/s1. The summed E-state index contributed by atoms with van der Waals surface area (Å²) in [6.45, 7) is 3.36. The molecule has 0 N–H and O–H groups in total. The van der Waals surface area contributed by atoms with Crippen LogP contribution < -0.4 is 19.1 Å². The lowest BCUT2D eigenvalue weighted by molar-refractivity contribution is -0.132. The summed E-state index contributed by atoms with van der Waals surface area (Å²) in [4.78, 5) is 32.3. The van der Waals surface area contributed by atoms with Gasteiger partial charge in [-0.05, 0) is 61.4 Å². The van der Waals surface area contributed by atoms with Crippen LogP contribution in [0.4, 0.5) is 5.82 Å². The van der Waals surface area contributed by atoms with E-state index in [1.54, 1.807) is 50.5 Å². The van der Waals surface area contributed by atoms with E-state index in [-0.39, 0.29) is 24.5 Å². The van der Waals surface area contributed by atoms with E-state index in [1.165, 1.54) is 0 Å². The Morgan fingerprint density at radius 1 is 0.905 bits per heavy atom. The first-order valence-electron chi connectivity index (χ1n) is 14.1. The summed E-state index contributed by atoms with van der Waals surface area (Å²) in [7, 11) is 4.80. The average molecular weight is 576 g/mol. The van der Waals surface area contributed by atoms with Gasteiger partial charge in [-0.2, -0.15) is 0 Å². The summed E-state index contributed by atoms with van der Waals surface area (Å²) in [6, 6.07) is 16.4. The molecule has 2 aromatic carbocycles. The number of carbonyl (C=O) groups is 2. The van der Waals surface area contributed by atoms with Gasteiger partial charge in [-0.25, -0.2) is 0 Å². The fourth-order valence-corrected chi connectivity index (χ4v) is 5.27. The predicted molar refractivity (Wildman–Crippen MR) is 157 cm³/mol. The van der Waals surface area contributed by atoms with Crippen LogP contribution in [-0.2, 0) is 9.53 Å². The van der Waals surface area contributed by atoms with Crippen LogP contribution in [0.2, 0.25) is 0 Å². The Labute approximate surface area is 245 Å². The quantitative estimate of drug-likeness (QED) is 0.360. The number of carbonyl (C=O) groups excluding carboxylic acids is 2. The lowest BCUT2D eigenvalue weighted by Crippen LogP contribution is -2.52. The van der Waals surface area contributed by atoms with Crippen LogP contribution >= 0.6 is 0 Å². The maximum absolute atomic E-state index is 13.4. The summed E-state index contributed by atoms with van der Waals surface area (Å²) < 4.78 is 21.8. The first-order valence-corrected chi connectivity index (χ1v) is 14.1. The number of hydrogen-bond donors (Lipinski definition) is 0. The third-order valence-corrected chi connectivity index (χ3v) is 7.69. The second kappa shape index (κ2) is 13.5. The second-order valence-electron chi connectivity index (χ2n) is 10.3. The van der Waals surface area contributed by atoms with Crippen molar-refractivity contribution in [2.24, 2.45) is 0 Å². The summed E-state index contributed by atoms with van der Waals surface area (Å²) in [5, 5.41) is 8.88. The molecule has 3 aromatic rings. The molecule has 42 heavy (non-hydrogen) atoms. The summed E-state index contributed by atoms with van der Waals surface area (Å²) >= 11 is 0. The number of piperazine rings is 1. The van der Waals surface area contributed by atoms with E-state index in [0.29, 0.717) is 67.8 Å². The van der Waals surface area contributed by atoms with Crippen LogP contribution in [0.1, 0.15) is 23.2 Å². The van der Waals surface area contributed by atoms with Gasteiger partial charge >= 0.3 is 0 Å². The Balaban J connectivity index is 1.20. The Morgan fingerprint density at radius 3 is 2.26 bits per heavy atom. The zero-order chi connectivity index (χ0) is 29.5. The van der Waals surface area contributed by atoms with Gasteiger partial charge in [0.2, 0.25) is 5.91 Å². The molecule has 2 aliphatic heterocycles. The van der Waals surface area contributed by atoms with Crippen LogP contribution in [0.3, 0.4) is 0 Å². The van der Waals surface area contributed by atoms with Gasteiger partial charge in [0.1, 0.15) is 23.8 Å². The highest BCUT2D eigenvalue weighted by atomic mass is 16.5. The maximum atomic E-state index is 13.4. The van der Waals surface area contributed by atoms with Crippen molar-refractivity contribution >= 4 is 17.6 Å². The Bertz CT molecular complexity index is 1350. The molecule has 0 aliphatic carbocycles. The smallest absolute Gasteiger partial charge is 0.254 e. The van der Waals surface area contributed by atoms with Crippen molar-refractivity contribution < 1.29 is 28.5 Å². The van der Waals surface area contributed by atoms with Crippen molar-refractivity contribution in [1.82, 2.24) is 20.0 Å². The SMILES string of the molecule is COc1ccc(C(=O)N(CC(=O)N2CCN(c3ccc(-c4ccc(OC)cc4OC)nn3)CC2)C[C@H]2CCCO2)cc1. The molecule has 0 bridgehead atoms. The molecule has 2 aliphatic rings. The molecule has 2 fully saturated rings. The fourth-order valence-electron chi connectivity index (χ4n) is 5.27. The lowest BCUT2D eigenvalue weighted by atomic mass is 10.1. The molecule has 0 spiro atoms. The van der Waals surface area contributed by atoms with Gasteiger partial charge in [0.15, 0.2) is 5.82 Å². The van der Waals surface area contributed by atoms with E-state index in [9.17, 15) is 9.59 Å². The largest absolute Gasteiger partial charge is 0.497 e. The van der Waals surface area contributed by atoms with E-state index in [2.05, 4.69) is 15.1 Å². The Hall–Kier alpha value is -4.38. The van der Waals surface area contributed by atoms with Crippen LogP contribution in [0.25, 0.3) is 11.3 Å². The van der Waals surface area contributed by atoms with Crippen molar-refractivity contribution in [2.75, 3.05) is 72.1 Å². The van der Waals surface area contributed by atoms with Crippen LogP contribution in [-0.4, -0.2) is 105 Å². The number of anilines is 1. The molecular formula is C31H37N5O6. The zero-order valence-electron chi connectivity index (χ0n) is 24.3. The molecular weight excluding hydrogens is 538 g/mol. The molecule has 222 valence electrons. The third kappa shape index (κ3) is 6.73. The normalized spacial score (nSPS) is 16.7. The lowest BCUT2D eigenvalue weighted by Gasteiger charge is -2.36. The summed E-state index contributed by atoms with van der Waals surface area (Å²) in [5.41, 5.74) is 2.03. The number of aromatic nitrogens is 2. The fraction of sp³-hybridized carbons (Fsp3) is 0.419. The minimum atomic E-state index is -0.191. The van der Waals surface area contributed by atoms with Gasteiger partial charge in [-0.1, -0.05) is 0 Å². The predicted octanol–water partition coefficient (Wildman–Crippen LogP) is 3.14. The molecule has 11 nitrogen and oxygen atoms in total. The van der Waals surface area contributed by atoms with Gasteiger partial charge in [-0.3, -0.25) is 9.59 Å². The van der Waals surface area contributed by atoms with Crippen molar-refractivity contribution in [2.45, 2.75) is 18.9 Å². The molecule has 2 amide bonds. The molecule has 0 radical (unpaired) electrons. The van der Waals surface area contributed by atoms with Crippen molar-refractivity contribution in [3.05, 3.63) is 60.2 Å². The van der Waals surface area contributed by atoms with Crippen molar-refractivity contribution in [3.63, 3.8) is 0 Å². The molecule has 0 saturated carbocycles. The van der Waals surface area contributed by atoms with Crippen LogP contribution in [0.5, 0.6) is 17.2 Å². The molecule has 11 heteroatoms. The average Bonchev–Trinajstić information content (AvgIpc) is 3.57. The number of ether oxygens (including phenoxy) is 4. The van der Waals surface area contributed by atoms with E-state index in [0.717, 1.165) is 24.2 Å². The monoisotopic (exact) mass is 575 g/mol. The molecule has 1 aromatic heterocycles. The molecule has 3 heterocycles. The van der Waals surface area contributed by atoms with Gasteiger partial charge < -0.3 is 33.6 Å². The van der Waals surface area contributed by atoms with Crippen LogP contribution in [0, 0.1) is 0 Å². The highest BCUT2D eigenvalue weighted by molar-refractivity contribution is 5.96. The third-order valence-electron chi connectivity index (χ3n) is 7.69. The van der Waals surface area contributed by atoms with Gasteiger partial charge in [0.05, 0.1) is 33.1 Å². The first-order chi connectivity index (χ1) is 20.5. The van der Waals surface area contributed by atoms with E-state index >= 15 is 0 Å². The number of amides is 2. The van der Waals surface area contributed by atoms with E-state index < -0.39 is 0 Å². The number of nitrogens with zero attached hydrogens (tertiary/aromatic N) is 5. The summed E-state index contributed by atoms with van der Waals surface area (Å²) in [5.74, 6) is 2.50. The van der Waals surface area contributed by atoms with Gasteiger partial charge in [-0.15, -0.1) is 10.2 Å². The minimum absolute atomic E-state index is 0.00290. The minimum Gasteiger partial charge on any atom is -0.497 e.